The second-order valence-corrected chi connectivity index (χ2v) is 9.82. The lowest BCUT2D eigenvalue weighted by molar-refractivity contribution is 0.0212. The lowest BCUT2D eigenvalue weighted by Crippen LogP contribution is -2.41. The Kier molecular flexibility index (Phi) is 5.76. The molecule has 1 aromatic carbocycles. The molecule has 2 aliphatic heterocycles. The van der Waals surface area contributed by atoms with E-state index in [0.717, 1.165) is 31.5 Å². The van der Waals surface area contributed by atoms with E-state index >= 15 is 0 Å². The number of amides is 1. The molecule has 0 aliphatic carbocycles. The minimum atomic E-state index is -0.542. The zero-order valence-corrected chi connectivity index (χ0v) is 19.3. The van der Waals surface area contributed by atoms with Crippen molar-refractivity contribution >= 4 is 17.6 Å². The molecule has 2 N–H and O–H groups in total. The van der Waals surface area contributed by atoms with Gasteiger partial charge in [0.05, 0.1) is 18.3 Å². The number of ether oxygens (including phenoxy) is 1. The summed E-state index contributed by atoms with van der Waals surface area (Å²) in [6, 6.07) is 10.6. The van der Waals surface area contributed by atoms with Crippen LogP contribution in [0.25, 0.3) is 0 Å². The summed E-state index contributed by atoms with van der Waals surface area (Å²) in [7, 11) is 2.06. The fourth-order valence-corrected chi connectivity index (χ4v) is 4.82. The van der Waals surface area contributed by atoms with Gasteiger partial charge in [-0.25, -0.2) is 9.48 Å². The Bertz CT molecular complexity index is 1050. The predicted octanol–water partition coefficient (Wildman–Crippen LogP) is 3.51. The monoisotopic (exact) mass is 436 g/mol. The molecule has 1 saturated heterocycles. The number of rotatable bonds is 3. The summed E-state index contributed by atoms with van der Waals surface area (Å²) in [6.07, 6.45) is 2.28. The maximum absolute atomic E-state index is 12.7. The number of nitriles is 1. The molecule has 1 amide bonds. The average molecular weight is 437 g/mol. The van der Waals surface area contributed by atoms with Gasteiger partial charge in [-0.15, -0.1) is 0 Å². The molecule has 0 spiro atoms. The van der Waals surface area contributed by atoms with Crippen LogP contribution in [0.1, 0.15) is 56.4 Å². The first-order valence-electron chi connectivity index (χ1n) is 11.2. The van der Waals surface area contributed by atoms with Crippen LogP contribution >= 0.6 is 0 Å². The number of carbonyl (C=O) groups is 1. The Balaban J connectivity index is 1.57. The van der Waals surface area contributed by atoms with Crippen molar-refractivity contribution in [3.63, 3.8) is 0 Å². The first-order chi connectivity index (χ1) is 15.2. The van der Waals surface area contributed by atoms with Crippen LogP contribution in [0.5, 0.6) is 0 Å². The molecule has 8 heteroatoms. The summed E-state index contributed by atoms with van der Waals surface area (Å²) in [6.45, 7) is 7.49. The van der Waals surface area contributed by atoms with Crippen molar-refractivity contribution in [3.05, 3.63) is 41.1 Å². The van der Waals surface area contributed by atoms with Crippen molar-refractivity contribution in [2.75, 3.05) is 30.8 Å². The van der Waals surface area contributed by atoms with E-state index in [2.05, 4.69) is 30.1 Å². The summed E-state index contributed by atoms with van der Waals surface area (Å²) in [5.41, 5.74) is 9.49. The van der Waals surface area contributed by atoms with Gasteiger partial charge in [0.1, 0.15) is 23.1 Å². The van der Waals surface area contributed by atoms with E-state index in [4.69, 9.17) is 15.6 Å². The van der Waals surface area contributed by atoms with Gasteiger partial charge in [-0.3, -0.25) is 0 Å². The zero-order valence-electron chi connectivity index (χ0n) is 19.3. The second kappa shape index (κ2) is 8.38. The van der Waals surface area contributed by atoms with E-state index in [0.29, 0.717) is 24.5 Å². The van der Waals surface area contributed by atoms with Crippen LogP contribution in [-0.2, 0) is 17.7 Å². The summed E-state index contributed by atoms with van der Waals surface area (Å²) in [5.74, 6) is 0.457. The Morgan fingerprint density at radius 2 is 2.09 bits per heavy atom. The van der Waals surface area contributed by atoms with Crippen molar-refractivity contribution in [1.29, 1.82) is 5.26 Å². The number of likely N-dealkylation sites (tertiary alicyclic amines) is 1. The lowest BCUT2D eigenvalue weighted by atomic mass is 9.89. The highest BCUT2D eigenvalue weighted by Gasteiger charge is 2.34. The van der Waals surface area contributed by atoms with Gasteiger partial charge in [-0.05, 0) is 51.7 Å². The molecule has 1 unspecified atom stereocenters. The van der Waals surface area contributed by atoms with Crippen molar-refractivity contribution in [2.45, 2.75) is 64.1 Å². The molecular weight excluding hydrogens is 404 g/mol. The van der Waals surface area contributed by atoms with E-state index < -0.39 is 5.60 Å². The van der Waals surface area contributed by atoms with Crippen LogP contribution in [0.2, 0.25) is 0 Å². The van der Waals surface area contributed by atoms with Gasteiger partial charge in [0, 0.05) is 31.7 Å². The number of carbonyl (C=O) groups excluding carboxylic acids is 1. The Morgan fingerprint density at radius 3 is 2.81 bits per heavy atom. The fraction of sp³-hybridized carbons (Fsp3) is 0.542. The average Bonchev–Trinajstić information content (AvgIpc) is 3.31. The predicted molar refractivity (Wildman–Crippen MR) is 123 cm³/mol. The van der Waals surface area contributed by atoms with E-state index in [1.165, 1.54) is 11.3 Å². The topological polar surface area (TPSA) is 100 Å². The molecule has 2 aromatic rings. The SMILES string of the molecule is CN1CC(c2nn(C[C@@H]3CCCN3C(=O)OC(C)(C)C)c(N)c2C#N)Cc2ccccc21. The smallest absolute Gasteiger partial charge is 0.410 e. The van der Waals surface area contributed by atoms with Gasteiger partial charge in [0.2, 0.25) is 0 Å². The minimum Gasteiger partial charge on any atom is -0.444 e. The number of nitrogen functional groups attached to an aromatic ring is 1. The molecule has 32 heavy (non-hydrogen) atoms. The van der Waals surface area contributed by atoms with Crippen molar-refractivity contribution < 1.29 is 9.53 Å². The van der Waals surface area contributed by atoms with Crippen LogP contribution in [-0.4, -0.2) is 52.6 Å². The van der Waals surface area contributed by atoms with Gasteiger partial charge in [0.25, 0.3) is 0 Å². The first kappa shape index (κ1) is 22.0. The van der Waals surface area contributed by atoms with Crippen LogP contribution in [0.4, 0.5) is 16.3 Å². The third-order valence-electron chi connectivity index (χ3n) is 6.27. The molecule has 4 rings (SSSR count). The lowest BCUT2D eigenvalue weighted by Gasteiger charge is -2.32. The van der Waals surface area contributed by atoms with Crippen molar-refractivity contribution in [3.8, 4) is 6.07 Å². The Morgan fingerprint density at radius 1 is 1.34 bits per heavy atom. The number of fused-ring (bicyclic) bond motifs is 1. The van der Waals surface area contributed by atoms with Crippen molar-refractivity contribution in [2.24, 2.45) is 0 Å². The minimum absolute atomic E-state index is 0.0544. The number of nitrogens with two attached hydrogens (primary N) is 1. The van der Waals surface area contributed by atoms with Gasteiger partial charge >= 0.3 is 6.09 Å². The van der Waals surface area contributed by atoms with Gasteiger partial charge in [0.15, 0.2) is 0 Å². The van der Waals surface area contributed by atoms with Gasteiger partial charge < -0.3 is 20.3 Å². The standard InChI is InChI=1S/C24H32N6O2/c1-24(2,3)32-23(31)29-11-7-9-18(29)15-30-22(26)19(13-25)21(27-30)17-12-16-8-5-6-10-20(16)28(4)14-17/h5-6,8,10,17-18H,7,9,11-12,14-15,26H2,1-4H3/t17?,18-/m0/s1. The Labute approximate surface area is 189 Å². The number of nitrogens with zero attached hydrogens (tertiary/aromatic N) is 5. The van der Waals surface area contributed by atoms with Crippen LogP contribution in [0.3, 0.4) is 0 Å². The highest BCUT2D eigenvalue weighted by molar-refractivity contribution is 5.69. The summed E-state index contributed by atoms with van der Waals surface area (Å²) >= 11 is 0. The number of likely N-dealkylation sites (N-methyl/N-ethyl adjacent to an activating group) is 1. The third kappa shape index (κ3) is 4.24. The third-order valence-corrected chi connectivity index (χ3v) is 6.27. The van der Waals surface area contributed by atoms with Crippen LogP contribution < -0.4 is 10.6 Å². The number of aromatic nitrogens is 2. The molecule has 2 aliphatic rings. The molecule has 1 fully saturated rings. The first-order valence-corrected chi connectivity index (χ1v) is 11.2. The van der Waals surface area contributed by atoms with Gasteiger partial charge in [-0.1, -0.05) is 18.2 Å². The molecule has 8 nitrogen and oxygen atoms in total. The summed E-state index contributed by atoms with van der Waals surface area (Å²) < 4.78 is 7.29. The molecule has 2 atom stereocenters. The summed E-state index contributed by atoms with van der Waals surface area (Å²) in [5, 5.41) is 14.7. The largest absolute Gasteiger partial charge is 0.444 e. The highest BCUT2D eigenvalue weighted by Crippen LogP contribution is 2.35. The number of benzene rings is 1. The van der Waals surface area contributed by atoms with E-state index in [9.17, 15) is 10.1 Å². The van der Waals surface area contributed by atoms with Crippen LogP contribution in [0, 0.1) is 11.3 Å². The number of hydrogen-bond donors (Lipinski definition) is 1. The second-order valence-electron chi connectivity index (χ2n) is 9.82. The highest BCUT2D eigenvalue weighted by atomic mass is 16.6. The molecule has 0 saturated carbocycles. The molecular formula is C24H32N6O2. The number of para-hydroxylation sites is 1. The van der Waals surface area contributed by atoms with Crippen molar-refractivity contribution in [1.82, 2.24) is 14.7 Å². The normalized spacial score (nSPS) is 20.7. The maximum Gasteiger partial charge on any atom is 0.410 e. The fourth-order valence-electron chi connectivity index (χ4n) is 4.82. The van der Waals surface area contributed by atoms with E-state index in [1.807, 2.05) is 32.9 Å². The number of hydrogen-bond acceptors (Lipinski definition) is 6. The summed E-state index contributed by atoms with van der Waals surface area (Å²) in [4.78, 5) is 16.6. The van der Waals surface area contributed by atoms with E-state index in [1.54, 1.807) is 9.58 Å². The Hall–Kier alpha value is -3.21. The zero-order chi connectivity index (χ0) is 23.0. The van der Waals surface area contributed by atoms with Crippen LogP contribution in [0.15, 0.2) is 24.3 Å². The quantitative estimate of drug-likeness (QED) is 0.790. The molecule has 3 heterocycles. The van der Waals surface area contributed by atoms with E-state index in [-0.39, 0.29) is 18.1 Å². The molecule has 0 bridgehead atoms. The molecule has 0 radical (unpaired) electrons. The van der Waals surface area contributed by atoms with Gasteiger partial charge in [-0.2, -0.15) is 10.4 Å². The molecule has 170 valence electrons. The molecule has 1 aromatic heterocycles. The maximum atomic E-state index is 12.7. The number of anilines is 2.